The molecule has 5 nitrogen and oxygen atoms in total. The summed E-state index contributed by atoms with van der Waals surface area (Å²) in [6.45, 7) is 3.04. The standard InChI is InChI=1S/C17H22N2O3/c1-12(20)19-8-7-13-5-6-14(10-16(13)19)18-17(21)11-15-4-2-3-9-22-15/h5-6,10,15H,2-4,7-9,11H2,1H3,(H,18,21). The molecule has 2 aliphatic heterocycles. The van der Waals surface area contributed by atoms with E-state index in [1.807, 2.05) is 18.2 Å². The number of anilines is 2. The molecule has 2 heterocycles. The van der Waals surface area contributed by atoms with Gasteiger partial charge in [-0.05, 0) is 43.4 Å². The van der Waals surface area contributed by atoms with Gasteiger partial charge in [0.1, 0.15) is 0 Å². The molecule has 118 valence electrons. The monoisotopic (exact) mass is 302 g/mol. The molecule has 5 heteroatoms. The zero-order valence-electron chi connectivity index (χ0n) is 12.9. The van der Waals surface area contributed by atoms with Crippen molar-refractivity contribution in [3.63, 3.8) is 0 Å². The number of nitrogens with one attached hydrogen (secondary N) is 1. The van der Waals surface area contributed by atoms with E-state index in [0.717, 1.165) is 55.8 Å². The van der Waals surface area contributed by atoms with Gasteiger partial charge in [-0.25, -0.2) is 0 Å². The Kier molecular flexibility index (Phi) is 4.43. The van der Waals surface area contributed by atoms with Crippen LogP contribution in [0.4, 0.5) is 11.4 Å². The van der Waals surface area contributed by atoms with E-state index >= 15 is 0 Å². The summed E-state index contributed by atoms with van der Waals surface area (Å²) in [4.78, 5) is 25.5. The van der Waals surface area contributed by atoms with Crippen molar-refractivity contribution in [3.8, 4) is 0 Å². The fourth-order valence-corrected chi connectivity index (χ4v) is 3.17. The highest BCUT2D eigenvalue weighted by Crippen LogP contribution is 2.31. The molecule has 0 saturated carbocycles. The highest BCUT2D eigenvalue weighted by molar-refractivity contribution is 5.96. The van der Waals surface area contributed by atoms with Crippen LogP contribution in [0.2, 0.25) is 0 Å². The summed E-state index contributed by atoms with van der Waals surface area (Å²) in [5.74, 6) is 0.0112. The van der Waals surface area contributed by atoms with Crippen LogP contribution in [0.3, 0.4) is 0 Å². The predicted octanol–water partition coefficient (Wildman–Crippen LogP) is 2.49. The average Bonchev–Trinajstić information content (AvgIpc) is 2.91. The quantitative estimate of drug-likeness (QED) is 0.933. The Labute approximate surface area is 130 Å². The zero-order chi connectivity index (χ0) is 15.5. The number of carbonyl (C=O) groups is 2. The highest BCUT2D eigenvalue weighted by atomic mass is 16.5. The summed E-state index contributed by atoms with van der Waals surface area (Å²) >= 11 is 0. The molecule has 2 amide bonds. The maximum absolute atomic E-state index is 12.1. The first kappa shape index (κ1) is 15.0. The number of rotatable bonds is 3. The normalized spacial score (nSPS) is 20.6. The smallest absolute Gasteiger partial charge is 0.226 e. The molecule has 1 atom stereocenters. The lowest BCUT2D eigenvalue weighted by Gasteiger charge is -2.22. The van der Waals surface area contributed by atoms with Gasteiger partial charge in [0.15, 0.2) is 0 Å². The second kappa shape index (κ2) is 6.48. The van der Waals surface area contributed by atoms with Crippen molar-refractivity contribution in [1.82, 2.24) is 0 Å². The predicted molar refractivity (Wildman–Crippen MR) is 85.0 cm³/mol. The zero-order valence-corrected chi connectivity index (χ0v) is 12.9. The first-order chi connectivity index (χ1) is 10.6. The van der Waals surface area contributed by atoms with E-state index < -0.39 is 0 Å². The third-order valence-corrected chi connectivity index (χ3v) is 4.33. The lowest BCUT2D eigenvalue weighted by Crippen LogP contribution is -2.26. The van der Waals surface area contributed by atoms with E-state index in [0.29, 0.717) is 6.42 Å². The molecule has 2 aliphatic rings. The topological polar surface area (TPSA) is 58.6 Å². The number of benzene rings is 1. The Balaban J connectivity index is 1.64. The maximum Gasteiger partial charge on any atom is 0.226 e. The summed E-state index contributed by atoms with van der Waals surface area (Å²) in [6, 6.07) is 5.79. The third kappa shape index (κ3) is 3.30. The molecule has 1 aromatic rings. The van der Waals surface area contributed by atoms with Gasteiger partial charge < -0.3 is 15.0 Å². The molecule has 3 rings (SSSR count). The van der Waals surface area contributed by atoms with Crippen LogP contribution in [0, 0.1) is 0 Å². The van der Waals surface area contributed by atoms with Crippen molar-refractivity contribution in [3.05, 3.63) is 23.8 Å². The van der Waals surface area contributed by atoms with Gasteiger partial charge in [-0.2, -0.15) is 0 Å². The van der Waals surface area contributed by atoms with Gasteiger partial charge in [0.2, 0.25) is 11.8 Å². The first-order valence-corrected chi connectivity index (χ1v) is 7.96. The van der Waals surface area contributed by atoms with E-state index in [1.165, 1.54) is 0 Å². The third-order valence-electron chi connectivity index (χ3n) is 4.33. The minimum absolute atomic E-state index is 0.0285. The van der Waals surface area contributed by atoms with Crippen LogP contribution in [0.1, 0.15) is 38.2 Å². The number of carbonyl (C=O) groups excluding carboxylic acids is 2. The summed E-state index contributed by atoms with van der Waals surface area (Å²) < 4.78 is 5.60. The van der Waals surface area contributed by atoms with Crippen LogP contribution >= 0.6 is 0 Å². The number of fused-ring (bicyclic) bond motifs is 1. The van der Waals surface area contributed by atoms with Crippen molar-refractivity contribution in [1.29, 1.82) is 0 Å². The summed E-state index contributed by atoms with van der Waals surface area (Å²) in [6.07, 6.45) is 4.48. The van der Waals surface area contributed by atoms with Crippen LogP contribution in [0.15, 0.2) is 18.2 Å². The second-order valence-electron chi connectivity index (χ2n) is 6.01. The largest absolute Gasteiger partial charge is 0.378 e. The number of hydrogen-bond acceptors (Lipinski definition) is 3. The van der Waals surface area contributed by atoms with Gasteiger partial charge >= 0.3 is 0 Å². The first-order valence-electron chi connectivity index (χ1n) is 7.96. The Hall–Kier alpha value is -1.88. The Morgan fingerprint density at radius 1 is 1.36 bits per heavy atom. The molecule has 1 N–H and O–H groups in total. The Morgan fingerprint density at radius 3 is 2.95 bits per heavy atom. The van der Waals surface area contributed by atoms with Crippen LogP contribution in [0.5, 0.6) is 0 Å². The second-order valence-corrected chi connectivity index (χ2v) is 6.01. The van der Waals surface area contributed by atoms with Gasteiger partial charge in [0.25, 0.3) is 0 Å². The number of amides is 2. The molecule has 1 unspecified atom stereocenters. The fourth-order valence-electron chi connectivity index (χ4n) is 3.17. The van der Waals surface area contributed by atoms with E-state index in [2.05, 4.69) is 5.32 Å². The van der Waals surface area contributed by atoms with E-state index in [4.69, 9.17) is 4.74 Å². The van der Waals surface area contributed by atoms with Gasteiger partial charge in [0, 0.05) is 31.5 Å². The van der Waals surface area contributed by atoms with Crippen molar-refractivity contribution in [2.24, 2.45) is 0 Å². The maximum atomic E-state index is 12.1. The molecule has 0 spiro atoms. The number of ether oxygens (including phenoxy) is 1. The molecule has 0 aromatic heterocycles. The van der Waals surface area contributed by atoms with Gasteiger partial charge in [-0.15, -0.1) is 0 Å². The van der Waals surface area contributed by atoms with E-state index in [-0.39, 0.29) is 17.9 Å². The highest BCUT2D eigenvalue weighted by Gasteiger charge is 2.23. The van der Waals surface area contributed by atoms with Crippen LogP contribution in [-0.4, -0.2) is 31.1 Å². The lowest BCUT2D eigenvalue weighted by molar-refractivity contribution is -0.120. The van der Waals surface area contributed by atoms with Crippen molar-refractivity contribution >= 4 is 23.2 Å². The molecular weight excluding hydrogens is 280 g/mol. The molecule has 1 aromatic carbocycles. The van der Waals surface area contributed by atoms with E-state index in [1.54, 1.807) is 11.8 Å². The van der Waals surface area contributed by atoms with Crippen molar-refractivity contribution in [2.75, 3.05) is 23.4 Å². The van der Waals surface area contributed by atoms with E-state index in [9.17, 15) is 9.59 Å². The van der Waals surface area contributed by atoms with Gasteiger partial charge in [0.05, 0.1) is 12.5 Å². The SMILES string of the molecule is CC(=O)N1CCc2ccc(NC(=O)CC3CCCCO3)cc21. The lowest BCUT2D eigenvalue weighted by atomic mass is 10.1. The van der Waals surface area contributed by atoms with Crippen molar-refractivity contribution < 1.29 is 14.3 Å². The van der Waals surface area contributed by atoms with Crippen molar-refractivity contribution in [2.45, 2.75) is 45.1 Å². The Morgan fingerprint density at radius 2 is 2.23 bits per heavy atom. The molecule has 1 saturated heterocycles. The van der Waals surface area contributed by atoms with Crippen LogP contribution in [0.25, 0.3) is 0 Å². The molecule has 0 aliphatic carbocycles. The molecule has 22 heavy (non-hydrogen) atoms. The van der Waals surface area contributed by atoms with Crippen LogP contribution < -0.4 is 10.2 Å². The Bertz CT molecular complexity index is 579. The summed E-state index contributed by atoms with van der Waals surface area (Å²) in [7, 11) is 0. The average molecular weight is 302 g/mol. The number of nitrogens with zero attached hydrogens (tertiary/aromatic N) is 1. The molecule has 0 bridgehead atoms. The summed E-state index contributed by atoms with van der Waals surface area (Å²) in [5, 5.41) is 2.92. The molecule has 0 radical (unpaired) electrons. The number of hydrogen-bond donors (Lipinski definition) is 1. The minimum atomic E-state index is -0.0285. The summed E-state index contributed by atoms with van der Waals surface area (Å²) in [5.41, 5.74) is 2.82. The molecule has 1 fully saturated rings. The van der Waals surface area contributed by atoms with Gasteiger partial charge in [-0.1, -0.05) is 6.07 Å². The minimum Gasteiger partial charge on any atom is -0.378 e. The van der Waals surface area contributed by atoms with Crippen LogP contribution in [-0.2, 0) is 20.7 Å². The molecular formula is C17H22N2O3. The fraction of sp³-hybridized carbons (Fsp3) is 0.529. The van der Waals surface area contributed by atoms with Gasteiger partial charge in [-0.3, -0.25) is 9.59 Å².